The molecule has 0 bridgehead atoms. The number of pyridine rings is 1. The van der Waals surface area contributed by atoms with E-state index in [1.165, 1.54) is 11.3 Å². The Bertz CT molecular complexity index is 966. The fraction of sp³-hybridized carbons (Fsp3) is 0.400. The van der Waals surface area contributed by atoms with E-state index in [0.717, 1.165) is 54.2 Å². The van der Waals surface area contributed by atoms with E-state index in [2.05, 4.69) is 38.6 Å². The summed E-state index contributed by atoms with van der Waals surface area (Å²) in [4.78, 5) is 30.4. The van der Waals surface area contributed by atoms with E-state index < -0.39 is 0 Å². The van der Waals surface area contributed by atoms with Gasteiger partial charge in [0.05, 0.1) is 11.5 Å². The van der Waals surface area contributed by atoms with E-state index in [1.54, 1.807) is 6.33 Å². The van der Waals surface area contributed by atoms with Crippen LogP contribution in [-0.4, -0.2) is 54.0 Å². The van der Waals surface area contributed by atoms with Gasteiger partial charge in [-0.05, 0) is 18.1 Å². The van der Waals surface area contributed by atoms with Crippen LogP contribution in [-0.2, 0) is 0 Å². The lowest BCUT2D eigenvalue weighted by Crippen LogP contribution is -2.46. The Labute approximate surface area is 168 Å². The Kier molecular flexibility index (Phi) is 5.38. The van der Waals surface area contributed by atoms with Crippen molar-refractivity contribution in [2.75, 3.05) is 42.6 Å². The second-order valence-electron chi connectivity index (χ2n) is 7.21. The summed E-state index contributed by atoms with van der Waals surface area (Å²) in [6, 6.07) is 5.88. The molecule has 1 fully saturated rings. The Morgan fingerprint density at radius 3 is 2.68 bits per heavy atom. The molecule has 7 nitrogen and oxygen atoms in total. The first-order chi connectivity index (χ1) is 13.6. The predicted molar refractivity (Wildman–Crippen MR) is 112 cm³/mol. The van der Waals surface area contributed by atoms with Gasteiger partial charge < -0.3 is 14.5 Å². The normalized spacial score (nSPS) is 14.7. The molecule has 0 unspecified atom stereocenters. The van der Waals surface area contributed by atoms with Crippen LogP contribution in [0.1, 0.15) is 23.5 Å². The molecular formula is C20H23N5O2S. The van der Waals surface area contributed by atoms with Crippen molar-refractivity contribution in [2.24, 2.45) is 5.92 Å². The molecule has 0 radical (unpaired) electrons. The minimum absolute atomic E-state index is 0.455. The smallest absolute Gasteiger partial charge is 0.218 e. The number of carbonyl (C=O) groups excluding carboxylic acids is 1. The van der Waals surface area contributed by atoms with E-state index in [4.69, 9.17) is 4.74 Å². The van der Waals surface area contributed by atoms with Gasteiger partial charge in [0.1, 0.15) is 17.0 Å². The maximum atomic E-state index is 11.1. The first-order valence-corrected chi connectivity index (χ1v) is 10.2. The zero-order chi connectivity index (χ0) is 19.5. The largest absolute Gasteiger partial charge is 0.477 e. The Morgan fingerprint density at radius 1 is 1.14 bits per heavy atom. The standard InChI is InChI=1S/C20H23N5O2S/c1-14(2)12-27-19-10-18(22-13-23-19)25-7-5-24(6-8-25)17-3-4-21-20-16(17)9-15(11-26)28-20/h3-4,9-11,13-14H,5-8,12H2,1-2H3. The topological polar surface area (TPSA) is 71.5 Å². The number of hydrogen-bond acceptors (Lipinski definition) is 8. The number of carbonyl (C=O) groups is 1. The predicted octanol–water partition coefficient (Wildman–Crippen LogP) is 3.26. The van der Waals surface area contributed by atoms with Crippen LogP contribution in [0.2, 0.25) is 0 Å². The van der Waals surface area contributed by atoms with Gasteiger partial charge in [-0.1, -0.05) is 13.8 Å². The van der Waals surface area contributed by atoms with Gasteiger partial charge in [-0.2, -0.15) is 0 Å². The molecule has 1 aliphatic heterocycles. The number of anilines is 2. The average molecular weight is 398 g/mol. The van der Waals surface area contributed by atoms with Crippen LogP contribution >= 0.6 is 11.3 Å². The van der Waals surface area contributed by atoms with Crippen molar-refractivity contribution in [3.05, 3.63) is 35.6 Å². The molecule has 0 N–H and O–H groups in total. The lowest BCUT2D eigenvalue weighted by Gasteiger charge is -2.37. The third-order valence-corrected chi connectivity index (χ3v) is 5.65. The highest BCUT2D eigenvalue weighted by molar-refractivity contribution is 7.20. The molecule has 0 atom stereocenters. The summed E-state index contributed by atoms with van der Waals surface area (Å²) in [6.45, 7) is 8.33. The maximum absolute atomic E-state index is 11.1. The molecule has 3 aromatic rings. The minimum atomic E-state index is 0.455. The Morgan fingerprint density at radius 2 is 1.93 bits per heavy atom. The summed E-state index contributed by atoms with van der Waals surface area (Å²) < 4.78 is 5.73. The van der Waals surface area contributed by atoms with Crippen LogP contribution in [0.25, 0.3) is 10.2 Å². The second-order valence-corrected chi connectivity index (χ2v) is 8.27. The SMILES string of the molecule is CC(C)COc1cc(N2CCN(c3ccnc4sc(C=O)cc34)CC2)ncn1. The zero-order valence-corrected chi connectivity index (χ0v) is 16.9. The Hall–Kier alpha value is -2.74. The maximum Gasteiger partial charge on any atom is 0.218 e. The third-order valence-electron chi connectivity index (χ3n) is 4.68. The molecule has 0 aromatic carbocycles. The zero-order valence-electron chi connectivity index (χ0n) is 16.0. The fourth-order valence-electron chi connectivity index (χ4n) is 3.29. The number of aldehydes is 1. The fourth-order valence-corrected chi connectivity index (χ4v) is 4.12. The molecule has 4 rings (SSSR count). The molecule has 0 saturated carbocycles. The van der Waals surface area contributed by atoms with Crippen molar-refractivity contribution in [3.63, 3.8) is 0 Å². The molecule has 0 spiro atoms. The third kappa shape index (κ3) is 3.91. The van der Waals surface area contributed by atoms with Crippen molar-refractivity contribution in [3.8, 4) is 5.88 Å². The van der Waals surface area contributed by atoms with Gasteiger partial charge >= 0.3 is 0 Å². The highest BCUT2D eigenvalue weighted by atomic mass is 32.1. The molecule has 1 aliphatic rings. The monoisotopic (exact) mass is 397 g/mol. The van der Waals surface area contributed by atoms with Crippen molar-refractivity contribution >= 4 is 39.3 Å². The lowest BCUT2D eigenvalue weighted by atomic mass is 10.2. The van der Waals surface area contributed by atoms with Crippen molar-refractivity contribution < 1.29 is 9.53 Å². The van der Waals surface area contributed by atoms with Gasteiger partial charge in [0.2, 0.25) is 5.88 Å². The van der Waals surface area contributed by atoms with Crippen LogP contribution in [0, 0.1) is 5.92 Å². The number of piperazine rings is 1. The van der Waals surface area contributed by atoms with Crippen LogP contribution in [0.15, 0.2) is 30.7 Å². The second kappa shape index (κ2) is 8.10. The van der Waals surface area contributed by atoms with E-state index in [9.17, 15) is 4.79 Å². The summed E-state index contributed by atoms with van der Waals surface area (Å²) in [5, 5.41) is 1.05. The highest BCUT2D eigenvalue weighted by Crippen LogP contribution is 2.32. The molecule has 3 aromatic heterocycles. The minimum Gasteiger partial charge on any atom is -0.477 e. The first-order valence-electron chi connectivity index (χ1n) is 9.42. The average Bonchev–Trinajstić information content (AvgIpc) is 3.16. The molecule has 0 aliphatic carbocycles. The number of hydrogen-bond donors (Lipinski definition) is 0. The van der Waals surface area contributed by atoms with E-state index in [-0.39, 0.29) is 0 Å². The molecule has 28 heavy (non-hydrogen) atoms. The van der Waals surface area contributed by atoms with Crippen molar-refractivity contribution in [2.45, 2.75) is 13.8 Å². The summed E-state index contributed by atoms with van der Waals surface area (Å²) in [7, 11) is 0. The summed E-state index contributed by atoms with van der Waals surface area (Å²) >= 11 is 1.43. The molecule has 1 saturated heterocycles. The van der Waals surface area contributed by atoms with E-state index >= 15 is 0 Å². The van der Waals surface area contributed by atoms with Crippen LogP contribution in [0.5, 0.6) is 5.88 Å². The summed E-state index contributed by atoms with van der Waals surface area (Å²) in [5.41, 5.74) is 1.14. The van der Waals surface area contributed by atoms with Crippen LogP contribution in [0.4, 0.5) is 11.5 Å². The van der Waals surface area contributed by atoms with Gasteiger partial charge in [-0.25, -0.2) is 15.0 Å². The van der Waals surface area contributed by atoms with Gasteiger partial charge in [0.15, 0.2) is 6.29 Å². The van der Waals surface area contributed by atoms with E-state index in [1.807, 2.05) is 24.4 Å². The van der Waals surface area contributed by atoms with Crippen LogP contribution in [0.3, 0.4) is 0 Å². The van der Waals surface area contributed by atoms with Gasteiger partial charge in [-0.3, -0.25) is 4.79 Å². The van der Waals surface area contributed by atoms with Gasteiger partial charge in [-0.15, -0.1) is 11.3 Å². The van der Waals surface area contributed by atoms with Gasteiger partial charge in [0, 0.05) is 49.5 Å². The van der Waals surface area contributed by atoms with Gasteiger partial charge in [0.25, 0.3) is 0 Å². The van der Waals surface area contributed by atoms with Crippen molar-refractivity contribution in [1.82, 2.24) is 15.0 Å². The molecular weight excluding hydrogens is 374 g/mol. The highest BCUT2D eigenvalue weighted by Gasteiger charge is 2.21. The number of aromatic nitrogens is 3. The van der Waals surface area contributed by atoms with E-state index in [0.29, 0.717) is 23.3 Å². The Balaban J connectivity index is 1.46. The molecule has 8 heteroatoms. The number of nitrogens with zero attached hydrogens (tertiary/aromatic N) is 5. The number of thiophene rings is 1. The molecule has 146 valence electrons. The van der Waals surface area contributed by atoms with Crippen molar-refractivity contribution in [1.29, 1.82) is 0 Å². The number of rotatable bonds is 6. The lowest BCUT2D eigenvalue weighted by molar-refractivity contribution is 0.112. The summed E-state index contributed by atoms with van der Waals surface area (Å²) in [5.74, 6) is 1.97. The number of fused-ring (bicyclic) bond motifs is 1. The quantitative estimate of drug-likeness (QED) is 0.591. The molecule has 0 amide bonds. The molecule has 4 heterocycles. The van der Waals surface area contributed by atoms with Crippen LogP contribution < -0.4 is 14.5 Å². The first kappa shape index (κ1) is 18.6. The number of ether oxygens (including phenoxy) is 1. The summed E-state index contributed by atoms with van der Waals surface area (Å²) in [6.07, 6.45) is 4.27.